The molecule has 0 saturated heterocycles. The number of halogens is 4. The molecule has 0 bridgehead atoms. The minimum Gasteiger partial charge on any atom is -0.207 e. The van der Waals surface area contributed by atoms with Crippen molar-refractivity contribution in [3.63, 3.8) is 0 Å². The van der Waals surface area contributed by atoms with E-state index in [1.54, 1.807) is 6.07 Å². The summed E-state index contributed by atoms with van der Waals surface area (Å²) >= 11 is 0. The molecule has 1 aliphatic rings. The molecule has 0 aliphatic heterocycles. The lowest BCUT2D eigenvalue weighted by atomic mass is 9.80. The van der Waals surface area contributed by atoms with Crippen molar-refractivity contribution in [2.75, 3.05) is 0 Å². The van der Waals surface area contributed by atoms with Crippen LogP contribution in [-0.4, -0.2) is 0 Å². The number of hydrogen-bond acceptors (Lipinski definition) is 0. The minimum absolute atomic E-state index is 0.208. The van der Waals surface area contributed by atoms with Crippen LogP contribution in [0.5, 0.6) is 0 Å². The first kappa shape index (κ1) is 16.0. The largest absolute Gasteiger partial charge is 0.207 e. The highest BCUT2D eigenvalue weighted by molar-refractivity contribution is 5.33. The molecule has 0 fully saturated rings. The van der Waals surface area contributed by atoms with E-state index in [1.807, 2.05) is 13.0 Å². The summed E-state index contributed by atoms with van der Waals surface area (Å²) < 4.78 is 54.2. The van der Waals surface area contributed by atoms with Gasteiger partial charge >= 0.3 is 0 Å². The molecule has 0 radical (unpaired) electrons. The lowest BCUT2D eigenvalue weighted by Gasteiger charge is -2.25. The highest BCUT2D eigenvalue weighted by atomic mass is 19.2. The molecule has 0 amide bonds. The van der Waals surface area contributed by atoms with Gasteiger partial charge in [-0.05, 0) is 79.3 Å². The first-order chi connectivity index (χ1) is 11.0. The van der Waals surface area contributed by atoms with Gasteiger partial charge in [0.05, 0.1) is 0 Å². The SMILES string of the molecule is Cc1ccc(CCC2CCc3c(cc(F)c(F)c3F)C2)c(F)c1. The van der Waals surface area contributed by atoms with E-state index in [0.29, 0.717) is 42.4 Å². The second-order valence-electron chi connectivity index (χ2n) is 6.37. The Morgan fingerprint density at radius 3 is 2.52 bits per heavy atom. The Morgan fingerprint density at radius 2 is 1.78 bits per heavy atom. The molecule has 3 rings (SSSR count). The zero-order chi connectivity index (χ0) is 16.6. The highest BCUT2D eigenvalue weighted by Gasteiger charge is 2.25. The van der Waals surface area contributed by atoms with Gasteiger partial charge < -0.3 is 0 Å². The molecule has 0 N–H and O–H groups in total. The maximum atomic E-state index is 13.9. The molecule has 0 spiro atoms. The summed E-state index contributed by atoms with van der Waals surface area (Å²) in [7, 11) is 0. The van der Waals surface area contributed by atoms with Crippen molar-refractivity contribution in [3.05, 3.63) is 69.8 Å². The van der Waals surface area contributed by atoms with E-state index >= 15 is 0 Å². The standard InChI is InChI=1S/C19H18F4/c1-11-2-5-13(16(20)8-11)6-3-12-4-7-15-14(9-12)10-17(21)19(23)18(15)22/h2,5,8,10,12H,3-4,6-7,9H2,1H3. The summed E-state index contributed by atoms with van der Waals surface area (Å²) in [6.07, 6.45) is 2.97. The molecule has 2 aromatic rings. The van der Waals surface area contributed by atoms with Crippen molar-refractivity contribution in [2.45, 2.75) is 39.0 Å². The van der Waals surface area contributed by atoms with Crippen LogP contribution in [0.1, 0.15) is 35.1 Å². The van der Waals surface area contributed by atoms with Crippen LogP contribution < -0.4 is 0 Å². The highest BCUT2D eigenvalue weighted by Crippen LogP contribution is 2.32. The lowest BCUT2D eigenvalue weighted by molar-refractivity contribution is 0.392. The summed E-state index contributed by atoms with van der Waals surface area (Å²) in [4.78, 5) is 0. The lowest BCUT2D eigenvalue weighted by Crippen LogP contribution is -2.18. The van der Waals surface area contributed by atoms with Gasteiger partial charge in [-0.1, -0.05) is 12.1 Å². The molecule has 23 heavy (non-hydrogen) atoms. The molecule has 2 aromatic carbocycles. The van der Waals surface area contributed by atoms with Crippen LogP contribution in [0.4, 0.5) is 17.6 Å². The van der Waals surface area contributed by atoms with E-state index in [2.05, 4.69) is 0 Å². The monoisotopic (exact) mass is 322 g/mol. The predicted molar refractivity (Wildman–Crippen MR) is 81.3 cm³/mol. The second-order valence-corrected chi connectivity index (χ2v) is 6.37. The number of rotatable bonds is 3. The third-order valence-electron chi connectivity index (χ3n) is 4.70. The van der Waals surface area contributed by atoms with E-state index in [9.17, 15) is 17.6 Å². The maximum Gasteiger partial charge on any atom is 0.194 e. The summed E-state index contributed by atoms with van der Waals surface area (Å²) in [5.74, 6) is -3.55. The zero-order valence-electron chi connectivity index (χ0n) is 12.9. The summed E-state index contributed by atoms with van der Waals surface area (Å²) in [6.45, 7) is 1.84. The minimum atomic E-state index is -1.39. The molecule has 0 aromatic heterocycles. The third-order valence-corrected chi connectivity index (χ3v) is 4.70. The average molecular weight is 322 g/mol. The van der Waals surface area contributed by atoms with Gasteiger partial charge in [0.1, 0.15) is 5.82 Å². The Kier molecular flexibility index (Phi) is 4.42. The number of benzene rings is 2. The van der Waals surface area contributed by atoms with Crippen LogP contribution in [0, 0.1) is 36.1 Å². The summed E-state index contributed by atoms with van der Waals surface area (Å²) in [5.41, 5.74) is 2.38. The molecular weight excluding hydrogens is 304 g/mol. The Hall–Kier alpha value is -1.84. The van der Waals surface area contributed by atoms with Crippen LogP contribution in [0.15, 0.2) is 24.3 Å². The number of hydrogen-bond donors (Lipinski definition) is 0. The fraction of sp³-hybridized carbons (Fsp3) is 0.368. The molecule has 1 atom stereocenters. The zero-order valence-corrected chi connectivity index (χ0v) is 12.9. The fourth-order valence-corrected chi connectivity index (χ4v) is 3.36. The van der Waals surface area contributed by atoms with E-state index in [1.165, 1.54) is 6.07 Å². The quantitative estimate of drug-likeness (QED) is 0.532. The van der Waals surface area contributed by atoms with Crippen molar-refractivity contribution >= 4 is 0 Å². The van der Waals surface area contributed by atoms with Gasteiger partial charge in [-0.3, -0.25) is 0 Å². The Labute approximate surface area is 133 Å². The number of aryl methyl sites for hydroxylation is 2. The van der Waals surface area contributed by atoms with E-state index in [-0.39, 0.29) is 11.7 Å². The third kappa shape index (κ3) is 3.26. The molecule has 4 heteroatoms. The first-order valence-corrected chi connectivity index (χ1v) is 7.86. The Balaban J connectivity index is 1.70. The predicted octanol–water partition coefficient (Wildman–Crippen LogP) is 5.29. The second kappa shape index (κ2) is 6.34. The molecule has 0 saturated carbocycles. The van der Waals surface area contributed by atoms with Gasteiger partial charge in [-0.25, -0.2) is 17.6 Å². The molecule has 0 heterocycles. The van der Waals surface area contributed by atoms with Crippen molar-refractivity contribution in [3.8, 4) is 0 Å². The van der Waals surface area contributed by atoms with Gasteiger partial charge in [0.25, 0.3) is 0 Å². The van der Waals surface area contributed by atoms with Crippen LogP contribution in [0.3, 0.4) is 0 Å². The van der Waals surface area contributed by atoms with Gasteiger partial charge in [0, 0.05) is 0 Å². The van der Waals surface area contributed by atoms with Crippen molar-refractivity contribution in [1.82, 2.24) is 0 Å². The van der Waals surface area contributed by atoms with Crippen LogP contribution >= 0.6 is 0 Å². The van der Waals surface area contributed by atoms with Crippen molar-refractivity contribution < 1.29 is 17.6 Å². The van der Waals surface area contributed by atoms with Crippen LogP contribution in [0.25, 0.3) is 0 Å². The van der Waals surface area contributed by atoms with Crippen LogP contribution in [-0.2, 0) is 19.3 Å². The average Bonchev–Trinajstić information content (AvgIpc) is 2.52. The van der Waals surface area contributed by atoms with E-state index < -0.39 is 17.5 Å². The number of fused-ring (bicyclic) bond motifs is 1. The Morgan fingerprint density at radius 1 is 1.00 bits per heavy atom. The fourth-order valence-electron chi connectivity index (χ4n) is 3.36. The molecule has 1 aliphatic carbocycles. The summed E-state index contributed by atoms with van der Waals surface area (Å²) in [5, 5.41) is 0. The van der Waals surface area contributed by atoms with Crippen LogP contribution in [0.2, 0.25) is 0 Å². The smallest absolute Gasteiger partial charge is 0.194 e. The van der Waals surface area contributed by atoms with Gasteiger partial charge in [0.15, 0.2) is 17.5 Å². The van der Waals surface area contributed by atoms with E-state index in [0.717, 1.165) is 18.1 Å². The maximum absolute atomic E-state index is 13.9. The van der Waals surface area contributed by atoms with Gasteiger partial charge in [-0.2, -0.15) is 0 Å². The molecule has 122 valence electrons. The summed E-state index contributed by atoms with van der Waals surface area (Å²) in [6, 6.07) is 6.28. The normalized spacial score (nSPS) is 17.2. The molecule has 1 unspecified atom stereocenters. The topological polar surface area (TPSA) is 0 Å². The van der Waals surface area contributed by atoms with Crippen molar-refractivity contribution in [2.24, 2.45) is 5.92 Å². The van der Waals surface area contributed by atoms with Crippen molar-refractivity contribution in [1.29, 1.82) is 0 Å². The van der Waals surface area contributed by atoms with Gasteiger partial charge in [-0.15, -0.1) is 0 Å². The molecular formula is C19H18F4. The van der Waals surface area contributed by atoms with E-state index in [4.69, 9.17) is 0 Å². The Bertz CT molecular complexity index is 737. The van der Waals surface area contributed by atoms with Gasteiger partial charge in [0.2, 0.25) is 0 Å². The molecule has 0 nitrogen and oxygen atoms in total. The first-order valence-electron chi connectivity index (χ1n) is 7.86.